The van der Waals surface area contributed by atoms with E-state index in [2.05, 4.69) is 71.6 Å². The molecule has 0 bridgehead atoms. The fraction of sp³-hybridized carbons (Fsp3) is 0.391. The highest BCUT2D eigenvalue weighted by molar-refractivity contribution is 5.38. The Kier molecular flexibility index (Phi) is 4.63. The molecule has 1 heterocycles. The summed E-state index contributed by atoms with van der Waals surface area (Å²) in [4.78, 5) is 2.67. The van der Waals surface area contributed by atoms with Crippen LogP contribution in [0.5, 0.6) is 5.75 Å². The molecule has 2 aromatic carbocycles. The molecule has 4 rings (SSSR count). The van der Waals surface area contributed by atoms with Gasteiger partial charge in [0, 0.05) is 25.0 Å². The lowest BCUT2D eigenvalue weighted by molar-refractivity contribution is 0.308. The van der Waals surface area contributed by atoms with E-state index in [1.54, 1.807) is 7.11 Å². The zero-order valence-corrected chi connectivity index (χ0v) is 15.0. The molecule has 2 nitrogen and oxygen atoms in total. The largest absolute Gasteiger partial charge is 0.497 e. The number of likely N-dealkylation sites (tertiary alicyclic amines) is 1. The molecule has 1 fully saturated rings. The molecule has 0 aromatic heterocycles. The van der Waals surface area contributed by atoms with Gasteiger partial charge in [-0.2, -0.15) is 0 Å². The van der Waals surface area contributed by atoms with Crippen LogP contribution >= 0.6 is 0 Å². The highest BCUT2D eigenvalue weighted by Gasteiger charge is 2.47. The first kappa shape index (κ1) is 16.4. The lowest BCUT2D eigenvalue weighted by Gasteiger charge is -2.37. The Morgan fingerprint density at radius 3 is 2.80 bits per heavy atom. The standard InChI is InChI=1S/C23H27NO/c1-25-22-12-7-11-20(16-22)23-14-6-5-10-21(23)17-24(18-23)15-13-19-8-3-2-4-9-19/h2-9,11-12,16,21H,10,13-15,17-18H2,1H3. The Morgan fingerprint density at radius 2 is 1.96 bits per heavy atom. The van der Waals surface area contributed by atoms with Gasteiger partial charge < -0.3 is 9.64 Å². The van der Waals surface area contributed by atoms with Crippen LogP contribution in [-0.2, 0) is 11.8 Å². The van der Waals surface area contributed by atoms with E-state index < -0.39 is 0 Å². The molecule has 0 N–H and O–H groups in total. The molecule has 2 heteroatoms. The van der Waals surface area contributed by atoms with Gasteiger partial charge in [-0.25, -0.2) is 0 Å². The van der Waals surface area contributed by atoms with Crippen molar-refractivity contribution >= 4 is 0 Å². The van der Waals surface area contributed by atoms with Gasteiger partial charge in [0.25, 0.3) is 0 Å². The molecule has 0 saturated carbocycles. The van der Waals surface area contributed by atoms with Crippen LogP contribution in [0.1, 0.15) is 24.0 Å². The lowest BCUT2D eigenvalue weighted by atomic mass is 9.67. The smallest absolute Gasteiger partial charge is 0.119 e. The van der Waals surface area contributed by atoms with Crippen molar-refractivity contribution in [3.05, 3.63) is 77.9 Å². The fourth-order valence-electron chi connectivity index (χ4n) is 4.64. The molecule has 2 aromatic rings. The normalized spacial score (nSPS) is 25.7. The number of methoxy groups -OCH3 is 1. The van der Waals surface area contributed by atoms with Crippen LogP contribution < -0.4 is 4.74 Å². The molecular formula is C23H27NO. The third-order valence-corrected chi connectivity index (χ3v) is 6.04. The van der Waals surface area contributed by atoms with Crippen LogP contribution in [0.4, 0.5) is 0 Å². The molecule has 0 spiro atoms. The SMILES string of the molecule is COc1cccc(C23CC=CCC2CN(CCc2ccccc2)C3)c1. The van der Waals surface area contributed by atoms with Crippen LogP contribution in [0, 0.1) is 5.92 Å². The molecule has 25 heavy (non-hydrogen) atoms. The van der Waals surface area contributed by atoms with Crippen molar-refractivity contribution < 1.29 is 4.74 Å². The first-order valence-electron chi connectivity index (χ1n) is 9.36. The van der Waals surface area contributed by atoms with Crippen molar-refractivity contribution in [3.63, 3.8) is 0 Å². The number of ether oxygens (including phenoxy) is 1. The Morgan fingerprint density at radius 1 is 1.08 bits per heavy atom. The average Bonchev–Trinajstić information content (AvgIpc) is 3.07. The molecule has 2 atom stereocenters. The number of fused-ring (bicyclic) bond motifs is 1. The van der Waals surface area contributed by atoms with E-state index in [9.17, 15) is 0 Å². The number of hydrogen-bond acceptors (Lipinski definition) is 2. The highest BCUT2D eigenvalue weighted by atomic mass is 16.5. The van der Waals surface area contributed by atoms with E-state index in [0.717, 1.165) is 31.7 Å². The van der Waals surface area contributed by atoms with E-state index in [4.69, 9.17) is 4.74 Å². The molecule has 130 valence electrons. The quantitative estimate of drug-likeness (QED) is 0.749. The van der Waals surface area contributed by atoms with Gasteiger partial charge in [0.2, 0.25) is 0 Å². The van der Waals surface area contributed by atoms with Crippen molar-refractivity contribution in [3.8, 4) is 5.75 Å². The van der Waals surface area contributed by atoms with E-state index in [-0.39, 0.29) is 5.41 Å². The number of nitrogens with zero attached hydrogens (tertiary/aromatic N) is 1. The number of benzene rings is 2. The van der Waals surface area contributed by atoms with Gasteiger partial charge in [-0.3, -0.25) is 0 Å². The number of rotatable bonds is 5. The summed E-state index contributed by atoms with van der Waals surface area (Å²) in [6.45, 7) is 3.50. The minimum absolute atomic E-state index is 0.250. The second kappa shape index (κ2) is 7.05. The molecule has 1 aliphatic carbocycles. The third kappa shape index (κ3) is 3.23. The zero-order valence-electron chi connectivity index (χ0n) is 15.0. The molecule has 2 aliphatic rings. The van der Waals surface area contributed by atoms with Crippen LogP contribution in [0.3, 0.4) is 0 Å². The van der Waals surface area contributed by atoms with Gasteiger partial charge in [0.05, 0.1) is 7.11 Å². The van der Waals surface area contributed by atoms with Crippen molar-refractivity contribution in [1.82, 2.24) is 4.90 Å². The van der Waals surface area contributed by atoms with E-state index in [0.29, 0.717) is 5.92 Å². The Bertz CT molecular complexity index is 739. The molecule has 0 radical (unpaired) electrons. The van der Waals surface area contributed by atoms with Crippen molar-refractivity contribution in [2.75, 3.05) is 26.7 Å². The summed E-state index contributed by atoms with van der Waals surface area (Å²) in [5.41, 5.74) is 3.13. The van der Waals surface area contributed by atoms with Crippen molar-refractivity contribution in [2.24, 2.45) is 5.92 Å². The summed E-state index contributed by atoms with van der Waals surface area (Å²) in [6, 6.07) is 19.6. The summed E-state index contributed by atoms with van der Waals surface area (Å²) in [7, 11) is 1.76. The zero-order chi connectivity index (χ0) is 17.1. The van der Waals surface area contributed by atoms with Gasteiger partial charge in [-0.15, -0.1) is 0 Å². The fourth-order valence-corrected chi connectivity index (χ4v) is 4.64. The highest BCUT2D eigenvalue weighted by Crippen LogP contribution is 2.47. The second-order valence-electron chi connectivity index (χ2n) is 7.47. The maximum absolute atomic E-state index is 5.49. The average molecular weight is 333 g/mol. The summed E-state index contributed by atoms with van der Waals surface area (Å²) >= 11 is 0. The summed E-state index contributed by atoms with van der Waals surface area (Å²) in [6.07, 6.45) is 8.24. The van der Waals surface area contributed by atoms with Crippen molar-refractivity contribution in [1.29, 1.82) is 0 Å². The Labute approximate surface area is 151 Å². The molecule has 2 unspecified atom stereocenters. The molecule has 1 saturated heterocycles. The first-order valence-corrected chi connectivity index (χ1v) is 9.36. The minimum Gasteiger partial charge on any atom is -0.497 e. The third-order valence-electron chi connectivity index (χ3n) is 6.04. The maximum atomic E-state index is 5.49. The van der Waals surface area contributed by atoms with E-state index >= 15 is 0 Å². The topological polar surface area (TPSA) is 12.5 Å². The minimum atomic E-state index is 0.250. The van der Waals surface area contributed by atoms with Gasteiger partial charge >= 0.3 is 0 Å². The van der Waals surface area contributed by atoms with Crippen LogP contribution in [-0.4, -0.2) is 31.6 Å². The Balaban J connectivity index is 1.54. The maximum Gasteiger partial charge on any atom is 0.119 e. The number of hydrogen-bond donors (Lipinski definition) is 0. The first-order chi connectivity index (χ1) is 12.3. The van der Waals surface area contributed by atoms with Gasteiger partial charge in [-0.1, -0.05) is 54.6 Å². The summed E-state index contributed by atoms with van der Waals surface area (Å²) < 4.78 is 5.49. The van der Waals surface area contributed by atoms with E-state index in [1.807, 2.05) is 0 Å². The molecule has 0 amide bonds. The van der Waals surface area contributed by atoms with Gasteiger partial charge in [0.1, 0.15) is 5.75 Å². The van der Waals surface area contributed by atoms with Gasteiger partial charge in [0.15, 0.2) is 0 Å². The Hall–Kier alpha value is -2.06. The van der Waals surface area contributed by atoms with E-state index in [1.165, 1.54) is 24.1 Å². The van der Waals surface area contributed by atoms with Crippen LogP contribution in [0.2, 0.25) is 0 Å². The van der Waals surface area contributed by atoms with Crippen LogP contribution in [0.15, 0.2) is 66.7 Å². The predicted molar refractivity (Wildman–Crippen MR) is 103 cm³/mol. The summed E-state index contributed by atoms with van der Waals surface area (Å²) in [5.74, 6) is 1.68. The second-order valence-corrected chi connectivity index (χ2v) is 7.47. The van der Waals surface area contributed by atoms with Crippen LogP contribution in [0.25, 0.3) is 0 Å². The van der Waals surface area contributed by atoms with Gasteiger partial charge in [-0.05, 0) is 48.4 Å². The monoisotopic (exact) mass is 333 g/mol. The molecule has 1 aliphatic heterocycles. The molecular weight excluding hydrogens is 306 g/mol. The number of allylic oxidation sites excluding steroid dienone is 2. The lowest BCUT2D eigenvalue weighted by Crippen LogP contribution is -2.36. The summed E-state index contributed by atoms with van der Waals surface area (Å²) in [5, 5.41) is 0. The van der Waals surface area contributed by atoms with Crippen molar-refractivity contribution in [2.45, 2.75) is 24.7 Å². The predicted octanol–water partition coefficient (Wildman–Crippen LogP) is 4.46.